The van der Waals surface area contributed by atoms with Crippen molar-refractivity contribution in [2.75, 3.05) is 25.0 Å². The highest BCUT2D eigenvalue weighted by atomic mass is 35.5. The molecule has 0 atom stereocenters. The molecule has 1 saturated heterocycles. The quantitative estimate of drug-likeness (QED) is 0.425. The molecule has 0 saturated carbocycles. The number of benzene rings is 1. The van der Waals surface area contributed by atoms with Gasteiger partial charge in [-0.15, -0.1) is 0 Å². The second kappa shape index (κ2) is 9.02. The summed E-state index contributed by atoms with van der Waals surface area (Å²) in [6.45, 7) is 5.03. The number of aromatic nitrogens is 2. The maximum atomic E-state index is 14.9. The molecule has 0 unspecified atom stereocenters. The summed E-state index contributed by atoms with van der Waals surface area (Å²) in [5.74, 6) is -0.910. The first kappa shape index (κ1) is 23.4. The van der Waals surface area contributed by atoms with E-state index in [2.05, 4.69) is 27.2 Å². The van der Waals surface area contributed by atoms with Crippen molar-refractivity contribution in [3.63, 3.8) is 0 Å². The number of rotatable bonds is 4. The number of carbonyl (C=O) groups is 2. The number of carbonyl (C=O) groups excluding carboxylic acids is 2. The Balaban J connectivity index is 1.64. The van der Waals surface area contributed by atoms with Crippen LogP contribution in [0.25, 0.3) is 11.3 Å². The molecule has 2 aromatic heterocycles. The highest BCUT2D eigenvalue weighted by Gasteiger charge is 2.45. The number of H-pyrrole nitrogens is 1. The number of likely N-dealkylation sites (tertiary alicyclic amines) is 1. The first-order valence-electron chi connectivity index (χ1n) is 11.1. The van der Waals surface area contributed by atoms with Gasteiger partial charge in [0.05, 0.1) is 33.2 Å². The minimum atomic E-state index is -0.524. The van der Waals surface area contributed by atoms with Crippen LogP contribution in [0.3, 0.4) is 0 Å². The molecule has 35 heavy (non-hydrogen) atoms. The van der Waals surface area contributed by atoms with Crippen molar-refractivity contribution in [1.29, 1.82) is 0 Å². The summed E-state index contributed by atoms with van der Waals surface area (Å²) in [6.07, 6.45) is 5.20. The van der Waals surface area contributed by atoms with Crippen LogP contribution in [-0.2, 0) is 10.2 Å². The number of pyridine rings is 1. The lowest BCUT2D eigenvalue weighted by molar-refractivity contribution is -0.127. The average molecular weight is 514 g/mol. The highest BCUT2D eigenvalue weighted by molar-refractivity contribution is 6.42. The molecule has 7 nitrogen and oxygen atoms in total. The summed E-state index contributed by atoms with van der Waals surface area (Å²) in [7, 11) is 0. The number of aromatic amines is 1. The first-order chi connectivity index (χ1) is 16.8. The van der Waals surface area contributed by atoms with Crippen molar-refractivity contribution in [2.45, 2.75) is 18.3 Å². The van der Waals surface area contributed by atoms with Gasteiger partial charge in [-0.05, 0) is 43.2 Å². The number of halogens is 3. The molecule has 0 radical (unpaired) electrons. The second-order valence-electron chi connectivity index (χ2n) is 8.73. The van der Waals surface area contributed by atoms with Gasteiger partial charge in [-0.25, -0.2) is 4.39 Å². The third-order valence-electron chi connectivity index (χ3n) is 6.78. The molecule has 2 amide bonds. The van der Waals surface area contributed by atoms with Gasteiger partial charge in [0.2, 0.25) is 5.91 Å². The SMILES string of the molecule is C=CC(=O)N1CCC2(CC1)CNC(=O)c1c2[nH]c(-c2ccncc2F)c1Nc1ccc(Cl)c(Cl)c1. The summed E-state index contributed by atoms with van der Waals surface area (Å²) < 4.78 is 14.9. The number of amides is 2. The molecular weight excluding hydrogens is 492 g/mol. The normalized spacial score (nSPS) is 16.5. The molecule has 3 N–H and O–H groups in total. The van der Waals surface area contributed by atoms with Crippen molar-refractivity contribution in [1.82, 2.24) is 20.2 Å². The number of fused-ring (bicyclic) bond motifs is 2. The van der Waals surface area contributed by atoms with Crippen molar-refractivity contribution >= 4 is 46.4 Å². The Bertz CT molecular complexity index is 1350. The van der Waals surface area contributed by atoms with E-state index in [1.807, 2.05) is 0 Å². The van der Waals surface area contributed by atoms with E-state index < -0.39 is 11.2 Å². The predicted molar refractivity (Wildman–Crippen MR) is 134 cm³/mol. The van der Waals surface area contributed by atoms with Crippen LogP contribution >= 0.6 is 23.2 Å². The number of hydrogen-bond acceptors (Lipinski definition) is 4. The Morgan fingerprint density at radius 2 is 2.00 bits per heavy atom. The van der Waals surface area contributed by atoms with Gasteiger partial charge in [0.15, 0.2) is 5.82 Å². The highest BCUT2D eigenvalue weighted by Crippen LogP contribution is 2.46. The van der Waals surface area contributed by atoms with Gasteiger partial charge in [0, 0.05) is 48.2 Å². The third kappa shape index (κ3) is 4.06. The van der Waals surface area contributed by atoms with Crippen LogP contribution in [0.5, 0.6) is 0 Å². The van der Waals surface area contributed by atoms with Crippen LogP contribution in [0.2, 0.25) is 10.0 Å². The van der Waals surface area contributed by atoms with Crippen LogP contribution in [0.15, 0.2) is 49.3 Å². The van der Waals surface area contributed by atoms with E-state index in [0.717, 1.165) is 11.9 Å². The maximum absolute atomic E-state index is 14.9. The first-order valence-corrected chi connectivity index (χ1v) is 11.9. The van der Waals surface area contributed by atoms with Crippen LogP contribution in [0, 0.1) is 5.82 Å². The second-order valence-corrected chi connectivity index (χ2v) is 9.54. The minimum Gasteiger partial charge on any atom is -0.355 e. The molecule has 5 rings (SSSR count). The summed E-state index contributed by atoms with van der Waals surface area (Å²) in [6, 6.07) is 6.58. The lowest BCUT2D eigenvalue weighted by Gasteiger charge is -2.43. The number of nitrogens with one attached hydrogen (secondary N) is 3. The number of anilines is 2. The lowest BCUT2D eigenvalue weighted by Crippen LogP contribution is -2.53. The molecule has 180 valence electrons. The van der Waals surface area contributed by atoms with E-state index in [9.17, 15) is 14.0 Å². The summed E-state index contributed by atoms with van der Waals surface area (Å²) in [5, 5.41) is 7.01. The Hall–Kier alpha value is -3.36. The molecule has 10 heteroatoms. The largest absolute Gasteiger partial charge is 0.355 e. The van der Waals surface area contributed by atoms with E-state index in [1.165, 1.54) is 12.3 Å². The van der Waals surface area contributed by atoms with E-state index in [1.54, 1.807) is 29.2 Å². The van der Waals surface area contributed by atoms with E-state index in [4.69, 9.17) is 23.2 Å². The zero-order valence-electron chi connectivity index (χ0n) is 18.6. The maximum Gasteiger partial charge on any atom is 0.255 e. The van der Waals surface area contributed by atoms with Gasteiger partial charge in [-0.2, -0.15) is 0 Å². The van der Waals surface area contributed by atoms with Gasteiger partial charge in [-0.3, -0.25) is 14.6 Å². The molecule has 1 spiro atoms. The fraction of sp³-hybridized carbons (Fsp3) is 0.240. The third-order valence-corrected chi connectivity index (χ3v) is 7.52. The summed E-state index contributed by atoms with van der Waals surface area (Å²) >= 11 is 12.3. The minimum absolute atomic E-state index is 0.118. The molecule has 1 fully saturated rings. The van der Waals surface area contributed by atoms with E-state index >= 15 is 0 Å². The molecule has 2 aliphatic heterocycles. The van der Waals surface area contributed by atoms with Crippen LogP contribution in [0.4, 0.5) is 15.8 Å². The molecule has 1 aromatic carbocycles. The fourth-order valence-electron chi connectivity index (χ4n) is 4.89. The van der Waals surface area contributed by atoms with Gasteiger partial charge < -0.3 is 20.5 Å². The zero-order chi connectivity index (χ0) is 24.7. The molecular formula is C25H22Cl2FN5O2. The smallest absolute Gasteiger partial charge is 0.255 e. The average Bonchev–Trinajstić information content (AvgIpc) is 3.24. The van der Waals surface area contributed by atoms with Crippen LogP contribution in [-0.4, -0.2) is 46.3 Å². The van der Waals surface area contributed by atoms with Crippen molar-refractivity contribution < 1.29 is 14.0 Å². The van der Waals surface area contributed by atoms with E-state index in [0.29, 0.717) is 65.2 Å². The summed E-state index contributed by atoms with van der Waals surface area (Å²) in [4.78, 5) is 34.3. The van der Waals surface area contributed by atoms with Gasteiger partial charge in [-0.1, -0.05) is 29.8 Å². The lowest BCUT2D eigenvalue weighted by atomic mass is 9.72. The van der Waals surface area contributed by atoms with Gasteiger partial charge in [0.25, 0.3) is 5.91 Å². The monoisotopic (exact) mass is 513 g/mol. The van der Waals surface area contributed by atoms with Crippen LogP contribution < -0.4 is 10.6 Å². The van der Waals surface area contributed by atoms with Crippen molar-refractivity contribution in [3.05, 3.63) is 76.4 Å². The Morgan fingerprint density at radius 3 is 2.69 bits per heavy atom. The Kier molecular flexibility index (Phi) is 6.02. The Labute approximate surface area is 211 Å². The topological polar surface area (TPSA) is 90.1 Å². The molecule has 3 aromatic rings. The zero-order valence-corrected chi connectivity index (χ0v) is 20.1. The van der Waals surface area contributed by atoms with E-state index in [-0.39, 0.29) is 17.4 Å². The molecule has 0 bridgehead atoms. The van der Waals surface area contributed by atoms with Gasteiger partial charge in [0.1, 0.15) is 0 Å². The molecule has 4 heterocycles. The molecule has 0 aliphatic carbocycles. The molecule has 2 aliphatic rings. The van der Waals surface area contributed by atoms with Crippen LogP contribution in [0.1, 0.15) is 28.9 Å². The number of piperidine rings is 1. The number of nitrogens with zero attached hydrogens (tertiary/aromatic N) is 2. The Morgan fingerprint density at radius 1 is 1.23 bits per heavy atom. The van der Waals surface area contributed by atoms with Crippen molar-refractivity contribution in [2.24, 2.45) is 0 Å². The standard InChI is InChI=1S/C25H22Cl2FN5O2/c1-2-19(34)33-9-6-25(7-10-33)13-30-24(35)20-22(31-14-3-4-16(26)17(27)11-14)21(32-23(20)25)15-5-8-29-12-18(15)28/h2-5,8,11-12,31-32H,1,6-7,9-10,13H2,(H,30,35). The summed E-state index contributed by atoms with van der Waals surface area (Å²) in [5.41, 5.74) is 2.44. The van der Waals surface area contributed by atoms with Crippen molar-refractivity contribution in [3.8, 4) is 11.3 Å². The van der Waals surface area contributed by atoms with Gasteiger partial charge >= 0.3 is 0 Å². The predicted octanol–water partition coefficient (Wildman–Crippen LogP) is 5.06. The fourth-order valence-corrected chi connectivity index (χ4v) is 5.18. The number of hydrogen-bond donors (Lipinski definition) is 3.